The van der Waals surface area contributed by atoms with Crippen molar-refractivity contribution in [2.75, 3.05) is 0 Å². The van der Waals surface area contributed by atoms with Gasteiger partial charge in [0.05, 0.1) is 5.69 Å². The fraction of sp³-hybridized carbons (Fsp3) is 0.0625. The Balaban J connectivity index is 2.22. The summed E-state index contributed by atoms with van der Waals surface area (Å²) in [7, 11) is 2.20. The molecule has 0 aliphatic heterocycles. The van der Waals surface area contributed by atoms with E-state index in [4.69, 9.17) is 0 Å². The number of aromatic nitrogens is 1. The van der Waals surface area contributed by atoms with E-state index in [1.54, 1.807) is 0 Å². The van der Waals surface area contributed by atoms with Gasteiger partial charge in [-0.15, -0.1) is 0 Å². The molecule has 0 bridgehead atoms. The highest BCUT2D eigenvalue weighted by atomic mass is 16.1. The van der Waals surface area contributed by atoms with Crippen molar-refractivity contribution >= 4 is 18.6 Å². The van der Waals surface area contributed by atoms with E-state index in [0.29, 0.717) is 5.82 Å². The smallest absolute Gasteiger partial charge is 0.256 e. The van der Waals surface area contributed by atoms with Crippen molar-refractivity contribution in [3.05, 3.63) is 70.0 Å². The van der Waals surface area contributed by atoms with Gasteiger partial charge in [-0.3, -0.25) is 4.79 Å². The van der Waals surface area contributed by atoms with Gasteiger partial charge in [-0.1, -0.05) is 42.5 Å². The average Bonchev–Trinajstić information content (AvgIpc) is 2.73. The molecule has 0 saturated heterocycles. The van der Waals surface area contributed by atoms with Crippen LogP contribution in [0, 0.1) is 0 Å². The van der Waals surface area contributed by atoms with Crippen LogP contribution in [0.5, 0.6) is 0 Å². The Morgan fingerprint density at radius 3 is 2.47 bits per heavy atom. The number of aromatic amines is 1. The van der Waals surface area contributed by atoms with E-state index < -0.39 is 0 Å². The second kappa shape index (κ2) is 3.61. The number of hydrogen-bond acceptors (Lipinski definition) is 1. The predicted molar refractivity (Wildman–Crippen MR) is 80.4 cm³/mol. The lowest BCUT2D eigenvalue weighted by Gasteiger charge is -2.09. The molecule has 90 valence electrons. The first kappa shape index (κ1) is 10.6. The second-order valence-corrected chi connectivity index (χ2v) is 5.10. The number of nitrogens with one attached hydrogen (secondary N) is 1. The third-order valence-corrected chi connectivity index (χ3v) is 4.10. The zero-order chi connectivity index (χ0) is 13.0. The number of pyridine rings is 1. The van der Waals surface area contributed by atoms with Gasteiger partial charge in [0.25, 0.3) is 5.56 Å². The van der Waals surface area contributed by atoms with Crippen LogP contribution in [0.3, 0.4) is 0 Å². The number of rotatable bonds is 0. The Labute approximate surface area is 111 Å². The van der Waals surface area contributed by atoms with Crippen LogP contribution in [0.1, 0.15) is 16.9 Å². The molecule has 2 nitrogen and oxygen atoms in total. The molecule has 0 radical (unpaired) electrons. The van der Waals surface area contributed by atoms with E-state index in [2.05, 4.69) is 31.0 Å². The Hall–Kier alpha value is -2.29. The van der Waals surface area contributed by atoms with E-state index in [9.17, 15) is 4.79 Å². The van der Waals surface area contributed by atoms with Gasteiger partial charge in [0.15, 0.2) is 0 Å². The van der Waals surface area contributed by atoms with Crippen molar-refractivity contribution < 1.29 is 0 Å². The van der Waals surface area contributed by atoms with Crippen LogP contribution < -0.4 is 5.56 Å². The second-order valence-electron chi connectivity index (χ2n) is 5.10. The van der Waals surface area contributed by atoms with Gasteiger partial charge in [0, 0.05) is 10.9 Å². The Morgan fingerprint density at radius 1 is 0.947 bits per heavy atom. The van der Waals surface area contributed by atoms with Crippen molar-refractivity contribution in [2.24, 2.45) is 0 Å². The topological polar surface area (TPSA) is 32.9 Å². The molecule has 1 aliphatic rings. The van der Waals surface area contributed by atoms with Crippen molar-refractivity contribution in [2.45, 2.75) is 5.82 Å². The summed E-state index contributed by atoms with van der Waals surface area (Å²) in [6, 6.07) is 16.2. The predicted octanol–water partition coefficient (Wildman–Crippen LogP) is 2.23. The summed E-state index contributed by atoms with van der Waals surface area (Å²) in [4.78, 5) is 15.3. The van der Waals surface area contributed by atoms with E-state index in [1.807, 2.05) is 30.3 Å². The van der Waals surface area contributed by atoms with Gasteiger partial charge in [-0.05, 0) is 28.4 Å². The number of fused-ring (bicyclic) bond motifs is 5. The summed E-state index contributed by atoms with van der Waals surface area (Å²) in [6.45, 7) is 0. The highest BCUT2D eigenvalue weighted by Gasteiger charge is 2.27. The maximum atomic E-state index is 12.2. The molecule has 0 amide bonds. The van der Waals surface area contributed by atoms with Crippen LogP contribution in [0.4, 0.5) is 0 Å². The van der Waals surface area contributed by atoms with Crippen molar-refractivity contribution in [1.29, 1.82) is 0 Å². The van der Waals surface area contributed by atoms with E-state index in [-0.39, 0.29) is 5.56 Å². The molecule has 1 heterocycles. The lowest BCUT2D eigenvalue weighted by atomic mass is 9.78. The zero-order valence-electron chi connectivity index (χ0n) is 10.6. The minimum Gasteiger partial charge on any atom is -0.321 e. The van der Waals surface area contributed by atoms with Gasteiger partial charge in [-0.2, -0.15) is 0 Å². The summed E-state index contributed by atoms with van der Waals surface area (Å²) in [6.07, 6.45) is 0. The fourth-order valence-electron chi connectivity index (χ4n) is 3.22. The Kier molecular flexibility index (Phi) is 2.02. The summed E-state index contributed by atoms with van der Waals surface area (Å²) < 4.78 is 0. The quantitative estimate of drug-likeness (QED) is 0.605. The molecule has 0 saturated carbocycles. The van der Waals surface area contributed by atoms with Gasteiger partial charge in [0.1, 0.15) is 7.85 Å². The molecule has 3 aromatic rings. The molecule has 1 aromatic heterocycles. The van der Waals surface area contributed by atoms with E-state index in [0.717, 1.165) is 22.0 Å². The minimum absolute atomic E-state index is 0.00162. The molecular weight excluding hydrogens is 233 g/mol. The number of hydrogen-bond donors (Lipinski definition) is 1. The molecule has 1 unspecified atom stereocenters. The standard InChI is InChI=1S/C16H12BNO/c17-14-10-6-2-3-7-11(10)15-13(14)9-5-1-4-8-12(9)16(19)18-15/h1-8,14H,17H2,(H,18,19). The Morgan fingerprint density at radius 2 is 1.63 bits per heavy atom. The molecule has 1 aliphatic carbocycles. The first-order valence-electron chi connectivity index (χ1n) is 6.51. The molecule has 0 spiro atoms. The molecule has 19 heavy (non-hydrogen) atoms. The zero-order valence-corrected chi connectivity index (χ0v) is 10.6. The fourth-order valence-corrected chi connectivity index (χ4v) is 3.22. The van der Waals surface area contributed by atoms with Crippen molar-refractivity contribution in [3.63, 3.8) is 0 Å². The minimum atomic E-state index is -0.00162. The number of H-pyrrole nitrogens is 1. The van der Waals surface area contributed by atoms with Gasteiger partial charge >= 0.3 is 0 Å². The van der Waals surface area contributed by atoms with Crippen molar-refractivity contribution in [1.82, 2.24) is 4.98 Å². The monoisotopic (exact) mass is 245 g/mol. The highest BCUT2D eigenvalue weighted by molar-refractivity contribution is 6.19. The molecule has 1 N–H and O–H groups in total. The maximum Gasteiger partial charge on any atom is 0.256 e. The third-order valence-electron chi connectivity index (χ3n) is 4.10. The van der Waals surface area contributed by atoms with Crippen LogP contribution in [0.2, 0.25) is 0 Å². The average molecular weight is 245 g/mol. The van der Waals surface area contributed by atoms with Crippen LogP contribution in [0.25, 0.3) is 22.0 Å². The Bertz CT molecular complexity index is 866. The van der Waals surface area contributed by atoms with Crippen LogP contribution in [-0.4, -0.2) is 12.8 Å². The van der Waals surface area contributed by atoms with Gasteiger partial charge in [0.2, 0.25) is 0 Å². The maximum absolute atomic E-state index is 12.2. The molecule has 4 rings (SSSR count). The van der Waals surface area contributed by atoms with Gasteiger partial charge in [-0.25, -0.2) is 0 Å². The van der Waals surface area contributed by atoms with Crippen LogP contribution >= 0.6 is 0 Å². The van der Waals surface area contributed by atoms with Crippen molar-refractivity contribution in [3.8, 4) is 11.3 Å². The van der Waals surface area contributed by atoms with E-state index >= 15 is 0 Å². The molecule has 2 aromatic carbocycles. The molecular formula is C16H12BNO. The van der Waals surface area contributed by atoms with Gasteiger partial charge < -0.3 is 4.98 Å². The third kappa shape index (κ3) is 1.30. The lowest BCUT2D eigenvalue weighted by Crippen LogP contribution is -2.09. The van der Waals surface area contributed by atoms with Crippen LogP contribution in [-0.2, 0) is 0 Å². The summed E-state index contributed by atoms with van der Waals surface area (Å²) >= 11 is 0. The number of benzene rings is 2. The molecule has 3 heteroatoms. The lowest BCUT2D eigenvalue weighted by molar-refractivity contribution is 1.19. The normalized spacial score (nSPS) is 16.3. The molecule has 1 atom stereocenters. The molecule has 0 fully saturated rings. The van der Waals surface area contributed by atoms with Crippen LogP contribution in [0.15, 0.2) is 53.3 Å². The first-order valence-corrected chi connectivity index (χ1v) is 6.51. The summed E-state index contributed by atoms with van der Waals surface area (Å²) in [5, 5.41) is 1.85. The SMILES string of the molecule is BC1c2ccccc2-c2[nH]c(=O)c3ccccc3c21. The summed E-state index contributed by atoms with van der Waals surface area (Å²) in [5.41, 5.74) is 4.69. The highest BCUT2D eigenvalue weighted by Crippen LogP contribution is 2.43. The largest absolute Gasteiger partial charge is 0.321 e. The first-order chi connectivity index (χ1) is 9.27. The summed E-state index contributed by atoms with van der Waals surface area (Å²) in [5.74, 6) is 0.327. The van der Waals surface area contributed by atoms with E-state index in [1.165, 1.54) is 11.1 Å².